The summed E-state index contributed by atoms with van der Waals surface area (Å²) in [6.07, 6.45) is 5.18. The Balaban J connectivity index is 2.37. The summed E-state index contributed by atoms with van der Waals surface area (Å²) in [7, 11) is 0. The van der Waals surface area contributed by atoms with Gasteiger partial charge in [0.2, 0.25) is 5.91 Å². The predicted molar refractivity (Wildman–Crippen MR) is 143 cm³/mol. The second-order valence-corrected chi connectivity index (χ2v) is 9.88. The number of hydrogen-bond acceptors (Lipinski definition) is 9. The highest BCUT2D eigenvalue weighted by atomic mass is 32.2. The van der Waals surface area contributed by atoms with Crippen molar-refractivity contribution >= 4 is 40.6 Å². The first kappa shape index (κ1) is 31.6. The fourth-order valence-electron chi connectivity index (χ4n) is 3.50. The van der Waals surface area contributed by atoms with Gasteiger partial charge in [-0.3, -0.25) is 19.2 Å². The summed E-state index contributed by atoms with van der Waals surface area (Å²) in [5.74, 6) is -3.39. The second-order valence-electron chi connectivity index (χ2n) is 8.61. The Morgan fingerprint density at radius 1 is 1.23 bits per heavy atom. The Labute approximate surface area is 230 Å². The highest BCUT2D eigenvalue weighted by Gasteiger charge is 2.28. The van der Waals surface area contributed by atoms with E-state index in [0.717, 1.165) is 17.8 Å². The maximum Gasteiger partial charge on any atom is 0.329 e. The maximum absolute atomic E-state index is 14.4. The number of nitrogens with one attached hydrogen (secondary N) is 3. The van der Waals surface area contributed by atoms with Crippen molar-refractivity contribution in [2.24, 2.45) is 5.73 Å². The van der Waals surface area contributed by atoms with Crippen LogP contribution in [-0.2, 0) is 30.5 Å². The molecular formula is C26H34FN5O6S. The van der Waals surface area contributed by atoms with E-state index in [1.54, 1.807) is 12.2 Å². The third-order valence-corrected chi connectivity index (χ3v) is 6.34. The van der Waals surface area contributed by atoms with Gasteiger partial charge in [-0.2, -0.15) is 0 Å². The standard InChI is InChI=1S/C26H34FN5O6S/c1-3-20-24(35)32-21(9-4-6-12-28)26(37)38-18(8-5-7-13-39-16(2)33)14-22(34)29-15-17-10-11-19(27)23(30-17)25(36)31-20/h3,5,8,10-11,18,21H,4,6-7,9,12-15,28H2,1-2H3,(H,29,34)(H,31,36)(H,32,35)/b8-5+,20-3-/t18-,21+/m1/s1. The third-order valence-electron chi connectivity index (χ3n) is 5.50. The monoisotopic (exact) mass is 563 g/mol. The molecule has 0 fully saturated rings. The lowest BCUT2D eigenvalue weighted by Crippen LogP contribution is -2.46. The SMILES string of the molecule is C/C=C1\NC(=O)c2nc(ccc2F)CNC(=O)C[C@@H](/C=C/CCSC(C)=O)OC(=O)[C@H](CCCCN)NC1=O. The minimum Gasteiger partial charge on any atom is -0.456 e. The number of ether oxygens (including phenoxy) is 1. The van der Waals surface area contributed by atoms with Gasteiger partial charge in [0.1, 0.15) is 17.8 Å². The first-order valence-electron chi connectivity index (χ1n) is 12.6. The lowest BCUT2D eigenvalue weighted by Gasteiger charge is -2.22. The highest BCUT2D eigenvalue weighted by molar-refractivity contribution is 8.13. The summed E-state index contributed by atoms with van der Waals surface area (Å²) in [5.41, 5.74) is 5.01. The zero-order valence-corrected chi connectivity index (χ0v) is 22.8. The lowest BCUT2D eigenvalue weighted by molar-refractivity contribution is -0.152. The quantitative estimate of drug-likeness (QED) is 0.159. The number of thioether (sulfide) groups is 1. The van der Waals surface area contributed by atoms with Crippen LogP contribution in [0.5, 0.6) is 0 Å². The van der Waals surface area contributed by atoms with E-state index >= 15 is 0 Å². The molecule has 13 heteroatoms. The number of esters is 1. The van der Waals surface area contributed by atoms with E-state index in [1.165, 1.54) is 26.0 Å². The molecule has 2 atom stereocenters. The fourth-order valence-corrected chi connectivity index (χ4v) is 4.04. The molecule has 3 amide bonds. The molecule has 0 spiro atoms. The van der Waals surface area contributed by atoms with Crippen molar-refractivity contribution in [3.8, 4) is 0 Å². The van der Waals surface area contributed by atoms with Crippen LogP contribution in [-0.4, -0.2) is 58.2 Å². The van der Waals surface area contributed by atoms with E-state index in [4.69, 9.17) is 10.5 Å². The van der Waals surface area contributed by atoms with Crippen molar-refractivity contribution in [2.75, 3.05) is 12.3 Å². The van der Waals surface area contributed by atoms with Gasteiger partial charge in [-0.25, -0.2) is 14.2 Å². The molecule has 1 aromatic rings. The topological polar surface area (TPSA) is 170 Å². The first-order chi connectivity index (χ1) is 18.6. The van der Waals surface area contributed by atoms with Crippen molar-refractivity contribution in [1.29, 1.82) is 0 Å². The number of cyclic esters (lactones) is 1. The fraction of sp³-hybridized carbons (Fsp3) is 0.462. The normalized spacial score (nSPS) is 20.4. The number of nitrogens with two attached hydrogens (primary N) is 1. The highest BCUT2D eigenvalue weighted by Crippen LogP contribution is 2.12. The molecule has 1 aliphatic heterocycles. The Bertz CT molecular complexity index is 1130. The number of hydrogen-bond donors (Lipinski definition) is 4. The number of pyridine rings is 1. The molecule has 2 heterocycles. The lowest BCUT2D eigenvalue weighted by atomic mass is 10.1. The number of rotatable bonds is 8. The number of fused-ring (bicyclic) bond motifs is 2. The van der Waals surface area contributed by atoms with Crippen molar-refractivity contribution < 1.29 is 33.1 Å². The summed E-state index contributed by atoms with van der Waals surface area (Å²) in [6.45, 7) is 3.23. The number of unbranched alkanes of at least 4 members (excludes halogenated alkanes) is 1. The van der Waals surface area contributed by atoms with Crippen molar-refractivity contribution in [3.63, 3.8) is 0 Å². The zero-order chi connectivity index (χ0) is 28.8. The van der Waals surface area contributed by atoms with Gasteiger partial charge in [0.05, 0.1) is 18.7 Å². The summed E-state index contributed by atoms with van der Waals surface area (Å²) in [4.78, 5) is 66.6. The molecule has 0 saturated heterocycles. The van der Waals surface area contributed by atoms with Gasteiger partial charge in [0.15, 0.2) is 16.6 Å². The number of allylic oxidation sites excluding steroid dienone is 2. The van der Waals surface area contributed by atoms with E-state index < -0.39 is 47.3 Å². The van der Waals surface area contributed by atoms with Crippen molar-refractivity contribution in [3.05, 3.63) is 53.3 Å². The summed E-state index contributed by atoms with van der Waals surface area (Å²) >= 11 is 1.15. The Morgan fingerprint density at radius 3 is 2.69 bits per heavy atom. The van der Waals surface area contributed by atoms with Gasteiger partial charge in [0, 0.05) is 12.7 Å². The minimum atomic E-state index is -1.10. The average molecular weight is 564 g/mol. The van der Waals surface area contributed by atoms with Gasteiger partial charge in [-0.15, -0.1) is 0 Å². The molecule has 0 radical (unpaired) electrons. The number of carbonyl (C=O) groups excluding carboxylic acids is 5. The third kappa shape index (κ3) is 11.0. The van der Waals surface area contributed by atoms with Gasteiger partial charge in [-0.05, 0) is 57.4 Å². The van der Waals surface area contributed by atoms with Crippen LogP contribution in [0.15, 0.2) is 36.1 Å². The predicted octanol–water partition coefficient (Wildman–Crippen LogP) is 1.63. The Morgan fingerprint density at radius 2 is 2.00 bits per heavy atom. The molecule has 0 unspecified atom stereocenters. The van der Waals surface area contributed by atoms with E-state index in [0.29, 0.717) is 31.6 Å². The smallest absolute Gasteiger partial charge is 0.329 e. The van der Waals surface area contributed by atoms with Crippen LogP contribution in [0, 0.1) is 5.82 Å². The first-order valence-corrected chi connectivity index (χ1v) is 13.5. The molecule has 1 aliphatic rings. The van der Waals surface area contributed by atoms with Crippen LogP contribution < -0.4 is 21.7 Å². The van der Waals surface area contributed by atoms with Crippen LogP contribution in [0.4, 0.5) is 4.39 Å². The molecule has 1 aromatic heterocycles. The molecular weight excluding hydrogens is 529 g/mol. The van der Waals surface area contributed by atoms with Crippen molar-refractivity contribution in [1.82, 2.24) is 20.9 Å². The van der Waals surface area contributed by atoms with Gasteiger partial charge < -0.3 is 26.4 Å². The molecule has 0 saturated carbocycles. The van der Waals surface area contributed by atoms with E-state index in [2.05, 4.69) is 20.9 Å². The average Bonchev–Trinajstić information content (AvgIpc) is 2.89. The zero-order valence-electron chi connectivity index (χ0n) is 22.0. The summed E-state index contributed by atoms with van der Waals surface area (Å²) < 4.78 is 20.0. The minimum absolute atomic E-state index is 0.0239. The molecule has 0 aromatic carbocycles. The number of halogens is 1. The van der Waals surface area contributed by atoms with Crippen LogP contribution in [0.1, 0.15) is 62.1 Å². The molecule has 212 valence electrons. The molecule has 39 heavy (non-hydrogen) atoms. The van der Waals surface area contributed by atoms with Crippen LogP contribution in [0.2, 0.25) is 0 Å². The van der Waals surface area contributed by atoms with Gasteiger partial charge in [0.25, 0.3) is 11.8 Å². The van der Waals surface area contributed by atoms with E-state index in [9.17, 15) is 28.4 Å². The van der Waals surface area contributed by atoms with Crippen LogP contribution >= 0.6 is 11.8 Å². The van der Waals surface area contributed by atoms with Gasteiger partial charge in [-0.1, -0.05) is 23.9 Å². The largest absolute Gasteiger partial charge is 0.456 e. The maximum atomic E-state index is 14.4. The number of nitrogens with zero attached hydrogens (tertiary/aromatic N) is 1. The Kier molecular flexibility index (Phi) is 13.3. The van der Waals surface area contributed by atoms with Gasteiger partial charge >= 0.3 is 5.97 Å². The Hall–Kier alpha value is -3.58. The molecule has 2 rings (SSSR count). The number of aromatic nitrogens is 1. The van der Waals surface area contributed by atoms with Crippen LogP contribution in [0.25, 0.3) is 0 Å². The second kappa shape index (κ2) is 16.4. The van der Waals surface area contributed by atoms with E-state index in [1.807, 2.05) is 0 Å². The molecule has 11 nitrogen and oxygen atoms in total. The number of amides is 3. The molecule has 5 N–H and O–H groups in total. The molecule has 2 bridgehead atoms. The summed E-state index contributed by atoms with van der Waals surface area (Å²) in [5, 5.41) is 7.48. The summed E-state index contributed by atoms with van der Waals surface area (Å²) in [6, 6.07) is 1.26. The van der Waals surface area contributed by atoms with Crippen LogP contribution in [0.3, 0.4) is 0 Å². The molecule has 0 aliphatic carbocycles. The number of carbonyl (C=O) groups is 5. The van der Waals surface area contributed by atoms with E-state index in [-0.39, 0.29) is 35.9 Å². The van der Waals surface area contributed by atoms with Crippen molar-refractivity contribution in [2.45, 2.75) is 64.6 Å².